The van der Waals surface area contributed by atoms with E-state index < -0.39 is 0 Å². The van der Waals surface area contributed by atoms with Crippen LogP contribution in [0.5, 0.6) is 0 Å². The molecule has 0 amide bonds. The number of benzene rings is 2. The molecular weight excluding hydrogens is 387 g/mol. The predicted molar refractivity (Wildman–Crippen MR) is 120 cm³/mol. The summed E-state index contributed by atoms with van der Waals surface area (Å²) in [5.74, 6) is 0.458. The van der Waals surface area contributed by atoms with Crippen molar-refractivity contribution in [2.24, 2.45) is 15.9 Å². The first-order chi connectivity index (χ1) is 12.3. The third kappa shape index (κ3) is 5.00. The number of aliphatic imine (C=N–C) groups is 2. The standard InChI is InChI=1S/C24H30N2.CH3.Ni/c1-14-10-17(4)22(18(5)11-14)25-21-9-8-16(3)24(21)26-23-19(6)12-15(2)13-20(23)7;;/h10-13,16H,8-9H2,1-7H3;1H3;/q;-1;+2. The Morgan fingerprint density at radius 3 is 1.54 bits per heavy atom. The Kier molecular flexibility index (Phi) is 8.38. The van der Waals surface area contributed by atoms with Gasteiger partial charge in [-0.25, -0.2) is 0 Å². The molecular formula is C25H33N2Ni+. The third-order valence-electron chi connectivity index (χ3n) is 5.33. The number of hydrogen-bond donors (Lipinski definition) is 0. The van der Waals surface area contributed by atoms with Gasteiger partial charge >= 0.3 is 16.5 Å². The molecule has 0 spiro atoms. The van der Waals surface area contributed by atoms with Gasteiger partial charge in [-0.15, -0.1) is 0 Å². The first-order valence-corrected chi connectivity index (χ1v) is 9.58. The maximum Gasteiger partial charge on any atom is 2.00 e. The Morgan fingerprint density at radius 2 is 1.11 bits per heavy atom. The summed E-state index contributed by atoms with van der Waals surface area (Å²) in [5.41, 5.74) is 12.1. The second-order valence-electron chi connectivity index (χ2n) is 7.99. The molecule has 1 aliphatic carbocycles. The second kappa shape index (κ2) is 9.65. The number of aryl methyl sites for hydroxylation is 6. The second-order valence-corrected chi connectivity index (χ2v) is 7.99. The molecule has 2 aromatic carbocycles. The van der Waals surface area contributed by atoms with Crippen LogP contribution in [0.15, 0.2) is 34.3 Å². The zero-order valence-electron chi connectivity index (χ0n) is 18.5. The van der Waals surface area contributed by atoms with Gasteiger partial charge in [0.1, 0.15) is 0 Å². The molecule has 2 aromatic rings. The summed E-state index contributed by atoms with van der Waals surface area (Å²) in [5, 5.41) is 0. The van der Waals surface area contributed by atoms with Crippen LogP contribution < -0.4 is 0 Å². The summed E-state index contributed by atoms with van der Waals surface area (Å²) in [4.78, 5) is 10.2. The molecule has 1 aliphatic rings. The first kappa shape index (κ1) is 24.3. The average Bonchev–Trinajstić information content (AvgIpc) is 2.86. The van der Waals surface area contributed by atoms with Crippen molar-refractivity contribution in [1.82, 2.24) is 0 Å². The molecule has 152 valence electrons. The van der Waals surface area contributed by atoms with Crippen molar-refractivity contribution in [3.05, 3.63) is 65.1 Å². The Bertz CT molecular complexity index is 876. The molecule has 0 aliphatic heterocycles. The third-order valence-corrected chi connectivity index (χ3v) is 5.33. The van der Waals surface area contributed by atoms with Gasteiger partial charge in [-0.05, 0) is 76.6 Å². The number of rotatable bonds is 2. The van der Waals surface area contributed by atoms with Gasteiger partial charge in [-0.2, -0.15) is 0 Å². The summed E-state index contributed by atoms with van der Waals surface area (Å²) < 4.78 is 0. The van der Waals surface area contributed by atoms with Crippen LogP contribution in [0.3, 0.4) is 0 Å². The van der Waals surface area contributed by atoms with Crippen LogP contribution in [0.4, 0.5) is 11.4 Å². The summed E-state index contributed by atoms with van der Waals surface area (Å²) in [6, 6.07) is 8.87. The molecule has 1 unspecified atom stereocenters. The van der Waals surface area contributed by atoms with Gasteiger partial charge in [0.25, 0.3) is 0 Å². The smallest absolute Gasteiger partial charge is 0.358 e. The Balaban J connectivity index is 0.00000196. The molecule has 0 aromatic heterocycles. The van der Waals surface area contributed by atoms with Gasteiger partial charge in [-0.3, -0.25) is 9.98 Å². The number of nitrogens with zero attached hydrogens (tertiary/aromatic N) is 2. The van der Waals surface area contributed by atoms with E-state index in [2.05, 4.69) is 72.7 Å². The van der Waals surface area contributed by atoms with Crippen LogP contribution in [-0.2, 0) is 16.5 Å². The molecule has 28 heavy (non-hydrogen) atoms. The minimum atomic E-state index is 0. The van der Waals surface area contributed by atoms with E-state index in [4.69, 9.17) is 9.98 Å². The molecule has 0 bridgehead atoms. The molecule has 0 saturated heterocycles. The Hall–Kier alpha value is -1.73. The van der Waals surface area contributed by atoms with Crippen LogP contribution in [0.2, 0.25) is 0 Å². The van der Waals surface area contributed by atoms with Gasteiger partial charge in [0.2, 0.25) is 0 Å². The van der Waals surface area contributed by atoms with Gasteiger partial charge in [0, 0.05) is 5.92 Å². The largest absolute Gasteiger partial charge is 2.00 e. The Morgan fingerprint density at radius 1 is 0.714 bits per heavy atom. The van der Waals surface area contributed by atoms with Gasteiger partial charge in [-0.1, -0.05) is 42.3 Å². The van der Waals surface area contributed by atoms with Gasteiger partial charge in [0.05, 0.1) is 22.8 Å². The normalized spacial score (nSPS) is 18.9. The molecule has 0 heterocycles. The van der Waals surface area contributed by atoms with Crippen molar-refractivity contribution in [2.75, 3.05) is 0 Å². The van der Waals surface area contributed by atoms with Crippen molar-refractivity contribution in [3.8, 4) is 0 Å². The Labute approximate surface area is 181 Å². The van der Waals surface area contributed by atoms with Gasteiger partial charge in [0.15, 0.2) is 0 Å². The minimum absolute atomic E-state index is 0. The van der Waals surface area contributed by atoms with E-state index in [0.717, 1.165) is 29.9 Å². The molecule has 0 N–H and O–H groups in total. The summed E-state index contributed by atoms with van der Waals surface area (Å²) in [7, 11) is 0. The molecule has 0 radical (unpaired) electrons. The summed E-state index contributed by atoms with van der Waals surface area (Å²) in [6.07, 6.45) is 2.14. The SMILES string of the molecule is Cc1cc(C)c(N=C2CCC(C)C2=Nc2c(C)cc(C)cc2C)c(C)c1.[CH3-].[Ni+2]. The van der Waals surface area contributed by atoms with Crippen LogP contribution >= 0.6 is 0 Å². The van der Waals surface area contributed by atoms with Crippen LogP contribution in [0.25, 0.3) is 0 Å². The summed E-state index contributed by atoms with van der Waals surface area (Å²) in [6.45, 7) is 15.2. The van der Waals surface area contributed by atoms with Crippen molar-refractivity contribution in [1.29, 1.82) is 0 Å². The first-order valence-electron chi connectivity index (χ1n) is 9.58. The molecule has 1 saturated carbocycles. The van der Waals surface area contributed by atoms with E-state index in [-0.39, 0.29) is 23.9 Å². The van der Waals surface area contributed by atoms with Crippen molar-refractivity contribution in [3.63, 3.8) is 0 Å². The predicted octanol–water partition coefficient (Wildman–Crippen LogP) is 7.26. The molecule has 1 atom stereocenters. The fourth-order valence-electron chi connectivity index (χ4n) is 4.14. The zero-order valence-corrected chi connectivity index (χ0v) is 19.5. The van der Waals surface area contributed by atoms with Crippen molar-refractivity contribution in [2.45, 2.75) is 61.3 Å². The fourth-order valence-corrected chi connectivity index (χ4v) is 4.14. The minimum Gasteiger partial charge on any atom is -0.358 e. The van der Waals surface area contributed by atoms with Crippen molar-refractivity contribution >= 4 is 22.8 Å². The topological polar surface area (TPSA) is 24.7 Å². The van der Waals surface area contributed by atoms with Crippen LogP contribution in [0.1, 0.15) is 53.1 Å². The molecule has 3 rings (SSSR count). The van der Waals surface area contributed by atoms with E-state index in [1.54, 1.807) is 0 Å². The van der Waals surface area contributed by atoms with Crippen LogP contribution in [-0.4, -0.2) is 11.4 Å². The molecule has 1 fully saturated rings. The average molecular weight is 420 g/mol. The van der Waals surface area contributed by atoms with E-state index >= 15 is 0 Å². The zero-order chi connectivity index (χ0) is 19.0. The van der Waals surface area contributed by atoms with E-state index in [0.29, 0.717) is 5.92 Å². The molecule has 2 nitrogen and oxygen atoms in total. The van der Waals surface area contributed by atoms with Crippen LogP contribution in [0, 0.1) is 54.9 Å². The van der Waals surface area contributed by atoms with E-state index in [1.807, 2.05) is 0 Å². The van der Waals surface area contributed by atoms with Crippen molar-refractivity contribution < 1.29 is 16.5 Å². The van der Waals surface area contributed by atoms with Gasteiger partial charge < -0.3 is 7.43 Å². The fraction of sp³-hybridized carbons (Fsp3) is 0.400. The monoisotopic (exact) mass is 419 g/mol. The summed E-state index contributed by atoms with van der Waals surface area (Å²) >= 11 is 0. The maximum atomic E-state index is 5.12. The quantitative estimate of drug-likeness (QED) is 0.361. The number of hydrogen-bond acceptors (Lipinski definition) is 2. The van der Waals surface area contributed by atoms with E-state index in [1.165, 1.54) is 39.1 Å². The van der Waals surface area contributed by atoms with E-state index in [9.17, 15) is 0 Å². The molecule has 3 heteroatoms. The maximum absolute atomic E-state index is 5.12.